The monoisotopic (exact) mass is 456 g/mol. The molecule has 7 heteroatoms. The van der Waals surface area contributed by atoms with Gasteiger partial charge in [-0.1, -0.05) is 42.5 Å². The van der Waals surface area contributed by atoms with Crippen LogP contribution in [0.25, 0.3) is 5.57 Å². The summed E-state index contributed by atoms with van der Waals surface area (Å²) in [5, 5.41) is 22.2. The first kappa shape index (κ1) is 23.4. The highest BCUT2D eigenvalue weighted by Crippen LogP contribution is 2.39. The first-order valence-corrected chi connectivity index (χ1v) is 11.1. The maximum atomic E-state index is 13.1. The topological polar surface area (TPSA) is 102 Å². The lowest BCUT2D eigenvalue weighted by Gasteiger charge is -2.44. The van der Waals surface area contributed by atoms with Gasteiger partial charge in [0.05, 0.1) is 11.6 Å². The Hall–Kier alpha value is -3.78. The van der Waals surface area contributed by atoms with Crippen molar-refractivity contribution in [1.29, 1.82) is 0 Å². The van der Waals surface area contributed by atoms with E-state index < -0.39 is 11.6 Å². The maximum absolute atomic E-state index is 13.1. The zero-order chi connectivity index (χ0) is 24.3. The summed E-state index contributed by atoms with van der Waals surface area (Å²) in [7, 11) is 5.75. The van der Waals surface area contributed by atoms with E-state index >= 15 is 0 Å². The molecule has 1 amide bonds. The Labute approximate surface area is 198 Å². The minimum Gasteiger partial charge on any atom is -0.478 e. The molecule has 3 aromatic carbocycles. The number of carboxylic acids is 1. The number of nitrogens with one attached hydrogen (secondary N) is 4. The van der Waals surface area contributed by atoms with Crippen molar-refractivity contribution in [2.75, 3.05) is 26.5 Å². The Morgan fingerprint density at radius 2 is 1.50 bits per heavy atom. The predicted octanol–water partition coefficient (Wildman–Crippen LogP) is 3.26. The molecule has 0 saturated heterocycles. The third-order valence-corrected chi connectivity index (χ3v) is 6.37. The number of carbonyl (C=O) groups excluding carboxylic acids is 1. The van der Waals surface area contributed by atoms with Gasteiger partial charge in [0.25, 0.3) is 5.91 Å². The maximum Gasteiger partial charge on any atom is 0.335 e. The van der Waals surface area contributed by atoms with E-state index in [1.54, 1.807) is 12.1 Å². The summed E-state index contributed by atoms with van der Waals surface area (Å²) < 4.78 is 0. The van der Waals surface area contributed by atoms with Gasteiger partial charge in [-0.3, -0.25) is 15.4 Å². The van der Waals surface area contributed by atoms with Crippen LogP contribution in [0.1, 0.15) is 37.4 Å². The lowest BCUT2D eigenvalue weighted by molar-refractivity contribution is 0.0696. The minimum absolute atomic E-state index is 0.0439. The van der Waals surface area contributed by atoms with E-state index in [0.717, 1.165) is 22.3 Å². The molecular formula is C27H28N4O3. The van der Waals surface area contributed by atoms with Gasteiger partial charge < -0.3 is 15.7 Å². The number of rotatable bonds is 7. The van der Waals surface area contributed by atoms with E-state index in [2.05, 4.69) is 39.5 Å². The number of amides is 1. The first-order valence-electron chi connectivity index (χ1n) is 11.1. The molecule has 0 aliphatic heterocycles. The van der Waals surface area contributed by atoms with E-state index in [-0.39, 0.29) is 17.5 Å². The van der Waals surface area contributed by atoms with E-state index in [9.17, 15) is 9.59 Å². The molecule has 1 unspecified atom stereocenters. The van der Waals surface area contributed by atoms with Gasteiger partial charge >= 0.3 is 5.97 Å². The number of likely N-dealkylation sites (N-methyl/N-ethyl adjacent to an activating group) is 3. The van der Waals surface area contributed by atoms with Crippen molar-refractivity contribution in [2.45, 2.75) is 11.7 Å². The Morgan fingerprint density at radius 1 is 0.853 bits per heavy atom. The molecular weight excluding hydrogens is 428 g/mol. The summed E-state index contributed by atoms with van der Waals surface area (Å²) in [6, 6.07) is 21.8. The zero-order valence-corrected chi connectivity index (χ0v) is 19.3. The quantitative estimate of drug-likeness (QED) is 0.350. The number of benzene rings is 3. The number of hydrogen-bond acceptors (Lipinski definition) is 5. The summed E-state index contributed by atoms with van der Waals surface area (Å²) in [6.07, 6.45) is 2.18. The molecule has 34 heavy (non-hydrogen) atoms. The largest absolute Gasteiger partial charge is 0.478 e. The van der Waals surface area contributed by atoms with E-state index in [1.165, 1.54) is 12.1 Å². The number of hydrogen-bond donors (Lipinski definition) is 5. The second kappa shape index (κ2) is 9.61. The summed E-state index contributed by atoms with van der Waals surface area (Å²) in [6.45, 7) is 0. The predicted molar refractivity (Wildman–Crippen MR) is 134 cm³/mol. The second-order valence-corrected chi connectivity index (χ2v) is 8.12. The molecule has 0 aromatic heterocycles. The van der Waals surface area contributed by atoms with Crippen LogP contribution in [0.2, 0.25) is 0 Å². The molecule has 1 aliphatic carbocycles. The van der Waals surface area contributed by atoms with Crippen molar-refractivity contribution in [2.24, 2.45) is 0 Å². The van der Waals surface area contributed by atoms with Gasteiger partial charge in [-0.05, 0) is 79.8 Å². The smallest absolute Gasteiger partial charge is 0.335 e. The zero-order valence-electron chi connectivity index (χ0n) is 19.3. The Morgan fingerprint density at radius 3 is 2.09 bits per heavy atom. The molecule has 174 valence electrons. The number of anilines is 1. The van der Waals surface area contributed by atoms with Crippen molar-refractivity contribution in [3.8, 4) is 0 Å². The molecule has 0 fully saturated rings. The fourth-order valence-corrected chi connectivity index (χ4v) is 4.58. The lowest BCUT2D eigenvalue weighted by Crippen LogP contribution is -2.63. The fraction of sp³-hybridized carbons (Fsp3) is 0.185. The highest BCUT2D eigenvalue weighted by Gasteiger charge is 2.41. The summed E-state index contributed by atoms with van der Waals surface area (Å²) in [5.74, 6) is -1.28. The van der Waals surface area contributed by atoms with Crippen LogP contribution in [0, 0.1) is 0 Å². The summed E-state index contributed by atoms with van der Waals surface area (Å²) in [4.78, 5) is 24.2. The fourth-order valence-electron chi connectivity index (χ4n) is 4.58. The highest BCUT2D eigenvalue weighted by molar-refractivity contribution is 6.05. The van der Waals surface area contributed by atoms with E-state index in [0.29, 0.717) is 11.3 Å². The third-order valence-electron chi connectivity index (χ3n) is 6.37. The number of carbonyl (C=O) groups is 2. The molecule has 0 heterocycles. The van der Waals surface area contributed by atoms with Crippen LogP contribution in [0.4, 0.5) is 5.69 Å². The van der Waals surface area contributed by atoms with Crippen LogP contribution in [0.3, 0.4) is 0 Å². The van der Waals surface area contributed by atoms with Crippen LogP contribution >= 0.6 is 0 Å². The van der Waals surface area contributed by atoms with Crippen LogP contribution in [0.15, 0.2) is 78.9 Å². The van der Waals surface area contributed by atoms with Crippen molar-refractivity contribution in [3.63, 3.8) is 0 Å². The van der Waals surface area contributed by atoms with Gasteiger partial charge in [-0.25, -0.2) is 4.79 Å². The van der Waals surface area contributed by atoms with E-state index in [1.807, 2.05) is 57.5 Å². The van der Waals surface area contributed by atoms with Gasteiger partial charge in [-0.2, -0.15) is 0 Å². The molecule has 4 rings (SSSR count). The Balaban J connectivity index is 1.76. The molecule has 0 radical (unpaired) electrons. The molecule has 0 bridgehead atoms. The average Bonchev–Trinajstić information content (AvgIpc) is 2.88. The second-order valence-electron chi connectivity index (χ2n) is 8.12. The van der Waals surface area contributed by atoms with Crippen LogP contribution in [0.5, 0.6) is 0 Å². The van der Waals surface area contributed by atoms with Crippen molar-refractivity contribution in [1.82, 2.24) is 16.0 Å². The van der Waals surface area contributed by atoms with Crippen molar-refractivity contribution in [3.05, 3.63) is 107 Å². The molecule has 3 aromatic rings. The van der Waals surface area contributed by atoms with Crippen LogP contribution in [-0.4, -0.2) is 44.2 Å². The Bertz CT molecular complexity index is 1230. The molecule has 0 spiro atoms. The van der Waals surface area contributed by atoms with Gasteiger partial charge in [0.15, 0.2) is 0 Å². The first-order chi connectivity index (χ1) is 16.4. The Kier molecular flexibility index (Phi) is 6.61. The third kappa shape index (κ3) is 4.12. The van der Waals surface area contributed by atoms with Crippen LogP contribution in [-0.2, 0) is 5.66 Å². The molecule has 1 aliphatic rings. The normalized spacial score (nSPS) is 16.3. The van der Waals surface area contributed by atoms with Gasteiger partial charge in [0.2, 0.25) is 0 Å². The van der Waals surface area contributed by atoms with Gasteiger partial charge in [-0.15, -0.1) is 0 Å². The van der Waals surface area contributed by atoms with E-state index in [4.69, 9.17) is 5.11 Å². The average molecular weight is 457 g/mol. The van der Waals surface area contributed by atoms with Crippen molar-refractivity contribution < 1.29 is 14.7 Å². The number of aromatic carboxylic acids is 1. The molecule has 5 N–H and O–H groups in total. The lowest BCUT2D eigenvalue weighted by atomic mass is 9.77. The van der Waals surface area contributed by atoms with Crippen LogP contribution < -0.4 is 21.3 Å². The minimum atomic E-state index is -1.01. The highest BCUT2D eigenvalue weighted by atomic mass is 16.4. The van der Waals surface area contributed by atoms with Gasteiger partial charge in [0.1, 0.15) is 5.66 Å². The SMILES string of the molecule is CNC1C=C(c2ccccc2)c2cc(C(=O)Nc3ccc(C(=O)O)cc3)ccc2C1(NC)NC. The summed E-state index contributed by atoms with van der Waals surface area (Å²) >= 11 is 0. The number of fused-ring (bicyclic) bond motifs is 1. The summed E-state index contributed by atoms with van der Waals surface area (Å²) in [5.41, 5.74) is 4.72. The molecule has 1 atom stereocenters. The molecule has 7 nitrogen and oxygen atoms in total. The molecule has 0 saturated carbocycles. The number of carboxylic acid groups (broad SMARTS) is 1. The van der Waals surface area contributed by atoms with Gasteiger partial charge in [0, 0.05) is 11.3 Å². The van der Waals surface area contributed by atoms with Crippen molar-refractivity contribution >= 4 is 23.1 Å². The standard InChI is InChI=1S/C27H28N4O3/c1-28-24-16-21(17-7-5-4-6-8-17)22-15-19(11-14-23(22)27(24,29-2)30-3)25(32)31-20-12-9-18(10-13-20)26(33)34/h4-16,24,28-30H,1-3H3,(H,31,32)(H,33,34).